The maximum Gasteiger partial charge on any atom is 0.106 e. The van der Waals surface area contributed by atoms with E-state index in [-0.39, 0.29) is 6.04 Å². The quantitative estimate of drug-likeness (QED) is 0.805. The molecule has 0 bridgehead atoms. The molecule has 4 nitrogen and oxygen atoms in total. The number of imidazole rings is 1. The molecule has 4 heteroatoms. The Bertz CT molecular complexity index is 530. The molecule has 1 atom stereocenters. The van der Waals surface area contributed by atoms with Gasteiger partial charge in [0.2, 0.25) is 0 Å². The van der Waals surface area contributed by atoms with Crippen LogP contribution in [0.1, 0.15) is 17.9 Å². The summed E-state index contributed by atoms with van der Waals surface area (Å²) in [6.07, 6.45) is 5.68. The van der Waals surface area contributed by atoms with Crippen LogP contribution in [0.25, 0.3) is 11.3 Å². The van der Waals surface area contributed by atoms with E-state index < -0.39 is 0 Å². The average molecular weight is 228 g/mol. The van der Waals surface area contributed by atoms with E-state index in [1.807, 2.05) is 31.5 Å². The Morgan fingerprint density at radius 1 is 1.35 bits per heavy atom. The summed E-state index contributed by atoms with van der Waals surface area (Å²) >= 11 is 0. The predicted molar refractivity (Wildman–Crippen MR) is 66.5 cm³/mol. The van der Waals surface area contributed by atoms with Crippen molar-refractivity contribution in [3.05, 3.63) is 36.0 Å². The van der Waals surface area contributed by atoms with Crippen LogP contribution in [0.4, 0.5) is 0 Å². The molecule has 3 heterocycles. The molecule has 1 unspecified atom stereocenters. The fourth-order valence-corrected chi connectivity index (χ4v) is 2.49. The first-order valence-corrected chi connectivity index (χ1v) is 5.97. The van der Waals surface area contributed by atoms with Gasteiger partial charge in [0.25, 0.3) is 0 Å². The minimum atomic E-state index is 0.265. The van der Waals surface area contributed by atoms with Gasteiger partial charge in [-0.05, 0) is 31.9 Å². The zero-order valence-corrected chi connectivity index (χ0v) is 9.93. The van der Waals surface area contributed by atoms with Gasteiger partial charge < -0.3 is 10.3 Å². The van der Waals surface area contributed by atoms with Crippen molar-refractivity contribution in [3.8, 4) is 11.3 Å². The van der Waals surface area contributed by atoms with E-state index in [0.717, 1.165) is 36.5 Å². The van der Waals surface area contributed by atoms with Gasteiger partial charge in [-0.2, -0.15) is 0 Å². The molecule has 0 spiro atoms. The summed E-state index contributed by atoms with van der Waals surface area (Å²) in [6, 6.07) is 4.29. The highest BCUT2D eigenvalue weighted by atomic mass is 15.1. The lowest BCUT2D eigenvalue weighted by molar-refractivity contribution is 0.454. The number of aromatic nitrogens is 3. The van der Waals surface area contributed by atoms with E-state index in [0.29, 0.717) is 0 Å². The zero-order valence-electron chi connectivity index (χ0n) is 9.93. The number of rotatable bonds is 1. The van der Waals surface area contributed by atoms with Gasteiger partial charge in [0.05, 0.1) is 5.69 Å². The normalized spacial score (nSPS) is 19.1. The van der Waals surface area contributed by atoms with Crippen molar-refractivity contribution in [2.75, 3.05) is 0 Å². The zero-order chi connectivity index (χ0) is 11.8. The van der Waals surface area contributed by atoms with Crippen LogP contribution >= 0.6 is 0 Å². The molecule has 88 valence electrons. The molecule has 0 aromatic carbocycles. The van der Waals surface area contributed by atoms with Crippen molar-refractivity contribution >= 4 is 0 Å². The van der Waals surface area contributed by atoms with Gasteiger partial charge in [-0.15, -0.1) is 0 Å². The SMILES string of the molecule is Cc1nc(-c2ccncc2)c2n1CC(N)CC2. The smallest absolute Gasteiger partial charge is 0.106 e. The third-order valence-corrected chi connectivity index (χ3v) is 3.39. The van der Waals surface area contributed by atoms with Crippen molar-refractivity contribution in [1.82, 2.24) is 14.5 Å². The van der Waals surface area contributed by atoms with Gasteiger partial charge in [0.15, 0.2) is 0 Å². The molecule has 0 aliphatic carbocycles. The predicted octanol–water partition coefficient (Wildman–Crippen LogP) is 1.53. The van der Waals surface area contributed by atoms with Crippen LogP contribution < -0.4 is 5.73 Å². The lowest BCUT2D eigenvalue weighted by Crippen LogP contribution is -2.32. The Morgan fingerprint density at radius 3 is 2.88 bits per heavy atom. The van der Waals surface area contributed by atoms with Crippen molar-refractivity contribution < 1.29 is 0 Å². The third kappa shape index (κ3) is 1.74. The summed E-state index contributed by atoms with van der Waals surface area (Å²) in [7, 11) is 0. The third-order valence-electron chi connectivity index (χ3n) is 3.39. The standard InChI is InChI=1S/C13H16N4/c1-9-16-13(10-4-6-15-7-5-10)12-3-2-11(14)8-17(9)12/h4-7,11H,2-3,8,14H2,1H3. The van der Waals surface area contributed by atoms with Gasteiger partial charge >= 0.3 is 0 Å². The maximum absolute atomic E-state index is 6.01. The van der Waals surface area contributed by atoms with E-state index in [1.165, 1.54) is 5.69 Å². The Morgan fingerprint density at radius 2 is 2.12 bits per heavy atom. The molecule has 3 rings (SSSR count). The highest BCUT2D eigenvalue weighted by molar-refractivity contribution is 5.62. The molecular formula is C13H16N4. The van der Waals surface area contributed by atoms with Crippen molar-refractivity contribution in [2.45, 2.75) is 32.4 Å². The Labute approximate surface area is 101 Å². The molecule has 2 aromatic rings. The molecule has 0 saturated heterocycles. The fourth-order valence-electron chi connectivity index (χ4n) is 2.49. The number of hydrogen-bond acceptors (Lipinski definition) is 3. The van der Waals surface area contributed by atoms with Gasteiger partial charge in [0.1, 0.15) is 5.82 Å². The van der Waals surface area contributed by atoms with Gasteiger partial charge in [0, 0.05) is 36.2 Å². The summed E-state index contributed by atoms with van der Waals surface area (Å²) < 4.78 is 2.25. The summed E-state index contributed by atoms with van der Waals surface area (Å²) in [5.74, 6) is 1.06. The molecule has 0 amide bonds. The van der Waals surface area contributed by atoms with Gasteiger partial charge in [-0.25, -0.2) is 4.98 Å². The molecule has 17 heavy (non-hydrogen) atoms. The molecule has 2 aromatic heterocycles. The van der Waals surface area contributed by atoms with Crippen LogP contribution in [0, 0.1) is 6.92 Å². The van der Waals surface area contributed by atoms with Crippen LogP contribution in [0.5, 0.6) is 0 Å². The van der Waals surface area contributed by atoms with Crippen LogP contribution in [-0.4, -0.2) is 20.6 Å². The first-order chi connectivity index (χ1) is 8.25. The Hall–Kier alpha value is -1.68. The van der Waals surface area contributed by atoms with Crippen molar-refractivity contribution in [2.24, 2.45) is 5.73 Å². The van der Waals surface area contributed by atoms with E-state index >= 15 is 0 Å². The van der Waals surface area contributed by atoms with Crippen LogP contribution in [0.2, 0.25) is 0 Å². The highest BCUT2D eigenvalue weighted by Crippen LogP contribution is 2.27. The molecule has 1 aliphatic heterocycles. The van der Waals surface area contributed by atoms with E-state index in [9.17, 15) is 0 Å². The highest BCUT2D eigenvalue weighted by Gasteiger charge is 2.22. The summed E-state index contributed by atoms with van der Waals surface area (Å²) in [5, 5.41) is 0. The molecule has 0 radical (unpaired) electrons. The largest absolute Gasteiger partial charge is 0.330 e. The number of nitrogens with two attached hydrogens (primary N) is 1. The summed E-state index contributed by atoms with van der Waals surface area (Å²) in [6.45, 7) is 2.94. The summed E-state index contributed by atoms with van der Waals surface area (Å²) in [5.41, 5.74) is 9.56. The molecule has 0 fully saturated rings. The minimum Gasteiger partial charge on any atom is -0.330 e. The van der Waals surface area contributed by atoms with E-state index in [4.69, 9.17) is 5.73 Å². The molecule has 2 N–H and O–H groups in total. The number of fused-ring (bicyclic) bond motifs is 1. The fraction of sp³-hybridized carbons (Fsp3) is 0.385. The Kier molecular flexibility index (Phi) is 2.44. The van der Waals surface area contributed by atoms with Gasteiger partial charge in [-0.3, -0.25) is 4.98 Å². The monoisotopic (exact) mass is 228 g/mol. The molecule has 0 saturated carbocycles. The van der Waals surface area contributed by atoms with Crippen LogP contribution in [0.3, 0.4) is 0 Å². The maximum atomic E-state index is 6.01. The Balaban J connectivity index is 2.11. The first kappa shape index (κ1) is 10.5. The topological polar surface area (TPSA) is 56.7 Å². The van der Waals surface area contributed by atoms with Crippen LogP contribution in [0.15, 0.2) is 24.5 Å². The number of aryl methyl sites for hydroxylation is 1. The number of hydrogen-bond donors (Lipinski definition) is 1. The minimum absolute atomic E-state index is 0.265. The lowest BCUT2D eigenvalue weighted by Gasteiger charge is -2.22. The average Bonchev–Trinajstić information content (AvgIpc) is 2.68. The van der Waals surface area contributed by atoms with E-state index in [1.54, 1.807) is 0 Å². The van der Waals surface area contributed by atoms with Crippen molar-refractivity contribution in [3.63, 3.8) is 0 Å². The van der Waals surface area contributed by atoms with Crippen LogP contribution in [-0.2, 0) is 13.0 Å². The van der Waals surface area contributed by atoms with Gasteiger partial charge in [-0.1, -0.05) is 0 Å². The second-order valence-electron chi connectivity index (χ2n) is 4.60. The number of nitrogens with zero attached hydrogens (tertiary/aromatic N) is 3. The second-order valence-corrected chi connectivity index (χ2v) is 4.60. The first-order valence-electron chi connectivity index (χ1n) is 5.97. The van der Waals surface area contributed by atoms with Crippen molar-refractivity contribution in [1.29, 1.82) is 0 Å². The molecular weight excluding hydrogens is 212 g/mol. The summed E-state index contributed by atoms with van der Waals surface area (Å²) in [4.78, 5) is 8.72. The van der Waals surface area contributed by atoms with E-state index in [2.05, 4.69) is 14.5 Å². The molecule has 1 aliphatic rings. The number of pyridine rings is 1. The second kappa shape index (κ2) is 3.96. The lowest BCUT2D eigenvalue weighted by atomic mass is 10.0.